The fourth-order valence-electron chi connectivity index (χ4n) is 3.25. The summed E-state index contributed by atoms with van der Waals surface area (Å²) < 4.78 is 0. The fraction of sp³-hybridized carbons (Fsp3) is 0.632. The lowest BCUT2D eigenvalue weighted by molar-refractivity contribution is 0.0679. The number of carboxylic acid groups (broad SMARTS) is 1. The molecule has 1 fully saturated rings. The normalized spacial score (nSPS) is 23.2. The number of benzene rings is 1. The zero-order chi connectivity index (χ0) is 18.0. The van der Waals surface area contributed by atoms with Crippen LogP contribution in [-0.4, -0.2) is 45.9 Å². The molecule has 1 amide bonds. The van der Waals surface area contributed by atoms with Crippen molar-refractivity contribution < 1.29 is 15.0 Å². The van der Waals surface area contributed by atoms with Gasteiger partial charge in [-0.1, -0.05) is 45.0 Å². The van der Waals surface area contributed by atoms with E-state index >= 15 is 0 Å². The number of hydrogen-bond donors (Lipinski definition) is 3. The Morgan fingerprint density at radius 3 is 2.58 bits per heavy atom. The number of carbonyl (C=O) groups is 1. The van der Waals surface area contributed by atoms with E-state index in [1.807, 2.05) is 39.8 Å². The van der Waals surface area contributed by atoms with E-state index in [-0.39, 0.29) is 11.5 Å². The van der Waals surface area contributed by atoms with Gasteiger partial charge in [-0.05, 0) is 36.3 Å². The van der Waals surface area contributed by atoms with Crippen LogP contribution in [0.15, 0.2) is 24.3 Å². The Morgan fingerprint density at radius 2 is 2.04 bits per heavy atom. The minimum atomic E-state index is -0.981. The summed E-state index contributed by atoms with van der Waals surface area (Å²) in [6.45, 7) is 10.4. The van der Waals surface area contributed by atoms with Crippen molar-refractivity contribution in [1.82, 2.24) is 10.2 Å². The zero-order valence-corrected chi connectivity index (χ0v) is 15.2. The summed E-state index contributed by atoms with van der Waals surface area (Å²) in [5.74, 6) is 0. The van der Waals surface area contributed by atoms with Gasteiger partial charge in [0.15, 0.2) is 0 Å². The third-order valence-electron chi connectivity index (χ3n) is 4.71. The van der Waals surface area contributed by atoms with Gasteiger partial charge in [0.2, 0.25) is 0 Å². The fourth-order valence-corrected chi connectivity index (χ4v) is 3.25. The average Bonchev–Trinajstić information content (AvgIpc) is 2.76. The molecule has 0 aliphatic carbocycles. The third kappa shape index (κ3) is 5.49. The highest BCUT2D eigenvalue weighted by Gasteiger charge is 2.31. The van der Waals surface area contributed by atoms with Gasteiger partial charge < -0.3 is 15.5 Å². The monoisotopic (exact) mass is 334 g/mol. The number of likely N-dealkylation sites (tertiary alicyclic amines) is 1. The Hall–Kier alpha value is -1.59. The molecule has 2 atom stereocenters. The van der Waals surface area contributed by atoms with Crippen LogP contribution in [0.25, 0.3) is 0 Å². The molecule has 1 aliphatic rings. The van der Waals surface area contributed by atoms with E-state index in [2.05, 4.69) is 22.3 Å². The molecule has 0 saturated carbocycles. The van der Waals surface area contributed by atoms with Crippen LogP contribution in [0.3, 0.4) is 0 Å². The second kappa shape index (κ2) is 7.11. The van der Waals surface area contributed by atoms with Gasteiger partial charge in [-0.2, -0.15) is 0 Å². The summed E-state index contributed by atoms with van der Waals surface area (Å²) in [5, 5.41) is 21.8. The summed E-state index contributed by atoms with van der Waals surface area (Å²) in [5.41, 5.74) is 1.60. The first kappa shape index (κ1) is 18.7. The number of aliphatic hydroxyl groups is 1. The summed E-state index contributed by atoms with van der Waals surface area (Å²) >= 11 is 0. The highest BCUT2D eigenvalue weighted by molar-refractivity contribution is 5.65. The molecule has 134 valence electrons. The molecule has 0 radical (unpaired) electrons. The molecule has 5 nitrogen and oxygen atoms in total. The minimum absolute atomic E-state index is 0.141. The van der Waals surface area contributed by atoms with E-state index < -0.39 is 11.7 Å². The van der Waals surface area contributed by atoms with Crippen LogP contribution < -0.4 is 5.32 Å². The van der Waals surface area contributed by atoms with E-state index in [0.29, 0.717) is 13.0 Å². The second-order valence-corrected chi connectivity index (χ2v) is 8.35. The first-order valence-corrected chi connectivity index (χ1v) is 8.57. The molecule has 1 aromatic rings. The van der Waals surface area contributed by atoms with Gasteiger partial charge in [-0.15, -0.1) is 0 Å². The molecule has 5 heteroatoms. The summed E-state index contributed by atoms with van der Waals surface area (Å²) in [6, 6.07) is 8.17. The summed E-state index contributed by atoms with van der Waals surface area (Å²) in [6.07, 6.45) is 0.494. The lowest BCUT2D eigenvalue weighted by Gasteiger charge is -2.30. The molecule has 0 spiro atoms. The quantitative estimate of drug-likeness (QED) is 0.774. The van der Waals surface area contributed by atoms with Gasteiger partial charge in [0.25, 0.3) is 0 Å². The first-order valence-electron chi connectivity index (χ1n) is 8.57. The Morgan fingerprint density at radius 1 is 1.38 bits per heavy atom. The van der Waals surface area contributed by atoms with Crippen molar-refractivity contribution in [2.75, 3.05) is 13.1 Å². The molecular weight excluding hydrogens is 304 g/mol. The van der Waals surface area contributed by atoms with E-state index in [0.717, 1.165) is 25.1 Å². The second-order valence-electron chi connectivity index (χ2n) is 8.35. The predicted octanol–water partition coefficient (Wildman–Crippen LogP) is 2.87. The van der Waals surface area contributed by atoms with Crippen LogP contribution in [-0.2, 0) is 13.0 Å². The Kier molecular flexibility index (Phi) is 5.56. The van der Waals surface area contributed by atoms with Crippen LogP contribution in [0.2, 0.25) is 0 Å². The van der Waals surface area contributed by atoms with Gasteiger partial charge in [0.1, 0.15) is 0 Å². The molecule has 24 heavy (non-hydrogen) atoms. The van der Waals surface area contributed by atoms with Crippen molar-refractivity contribution >= 4 is 6.09 Å². The Labute approximate surface area is 144 Å². The number of amides is 1. The van der Waals surface area contributed by atoms with Crippen LogP contribution >= 0.6 is 0 Å². The molecule has 0 bridgehead atoms. The van der Waals surface area contributed by atoms with Gasteiger partial charge in [-0.25, -0.2) is 4.79 Å². The smallest absolute Gasteiger partial charge is 0.404 e. The summed E-state index contributed by atoms with van der Waals surface area (Å²) in [7, 11) is 0. The topological polar surface area (TPSA) is 72.8 Å². The Balaban J connectivity index is 2.05. The van der Waals surface area contributed by atoms with Crippen molar-refractivity contribution in [1.29, 1.82) is 0 Å². The van der Waals surface area contributed by atoms with Crippen molar-refractivity contribution in [3.05, 3.63) is 35.4 Å². The third-order valence-corrected chi connectivity index (χ3v) is 4.71. The van der Waals surface area contributed by atoms with Gasteiger partial charge in [-0.3, -0.25) is 4.90 Å². The van der Waals surface area contributed by atoms with E-state index in [9.17, 15) is 9.90 Å². The van der Waals surface area contributed by atoms with Crippen LogP contribution in [0.4, 0.5) is 4.79 Å². The Bertz CT molecular complexity index is 578. The minimum Gasteiger partial charge on any atom is -0.465 e. The van der Waals surface area contributed by atoms with Crippen LogP contribution in [0.1, 0.15) is 45.2 Å². The highest BCUT2D eigenvalue weighted by Crippen LogP contribution is 2.25. The lowest BCUT2D eigenvalue weighted by atomic mass is 9.83. The number of β-amino-alcohol motifs (C(OH)–C–C–N with tert-alkyl or cyclic N) is 1. The first-order chi connectivity index (χ1) is 11.0. The molecule has 3 N–H and O–H groups in total. The largest absolute Gasteiger partial charge is 0.465 e. The van der Waals surface area contributed by atoms with E-state index in [1.54, 1.807) is 0 Å². The van der Waals surface area contributed by atoms with E-state index in [4.69, 9.17) is 5.11 Å². The highest BCUT2D eigenvalue weighted by atomic mass is 16.4. The van der Waals surface area contributed by atoms with E-state index in [1.165, 1.54) is 5.56 Å². The molecule has 2 unspecified atom stereocenters. The maximum absolute atomic E-state index is 11.1. The maximum Gasteiger partial charge on any atom is 0.404 e. The van der Waals surface area contributed by atoms with Crippen molar-refractivity contribution in [2.24, 2.45) is 5.41 Å². The molecule has 1 saturated heterocycles. The average molecular weight is 334 g/mol. The molecular formula is C19H30N2O3. The van der Waals surface area contributed by atoms with Crippen molar-refractivity contribution in [2.45, 2.75) is 58.7 Å². The maximum atomic E-state index is 11.1. The van der Waals surface area contributed by atoms with Gasteiger partial charge >= 0.3 is 6.09 Å². The number of nitrogens with one attached hydrogen (secondary N) is 1. The number of rotatable bonds is 5. The lowest BCUT2D eigenvalue weighted by Crippen LogP contribution is -2.44. The zero-order valence-electron chi connectivity index (χ0n) is 15.2. The molecule has 1 aromatic carbocycles. The van der Waals surface area contributed by atoms with Crippen LogP contribution in [0.5, 0.6) is 0 Å². The standard InChI is InChI=1S/C19H30N2O3/c1-18(2,3)16(20-17(22)23)11-14-6-5-7-15(10-14)12-21-9-8-19(4,24)13-21/h5-7,10,16,20,24H,8-9,11-13H2,1-4H3,(H,22,23). The van der Waals surface area contributed by atoms with Crippen molar-refractivity contribution in [3.63, 3.8) is 0 Å². The number of nitrogens with zero attached hydrogens (tertiary/aromatic N) is 1. The SMILES string of the molecule is CC1(O)CCN(Cc2cccc(CC(NC(=O)O)C(C)(C)C)c2)C1. The van der Waals surface area contributed by atoms with Gasteiger partial charge in [0, 0.05) is 25.7 Å². The summed E-state index contributed by atoms with van der Waals surface area (Å²) in [4.78, 5) is 13.3. The molecule has 1 aliphatic heterocycles. The number of hydrogen-bond acceptors (Lipinski definition) is 3. The molecule has 2 rings (SSSR count). The van der Waals surface area contributed by atoms with Crippen LogP contribution in [0, 0.1) is 5.41 Å². The molecule has 0 aromatic heterocycles. The van der Waals surface area contributed by atoms with Crippen molar-refractivity contribution in [3.8, 4) is 0 Å². The molecule has 1 heterocycles. The predicted molar refractivity (Wildman–Crippen MR) is 95.1 cm³/mol. The van der Waals surface area contributed by atoms with Gasteiger partial charge in [0.05, 0.1) is 5.60 Å².